The molecule has 3 aliphatic rings. The van der Waals surface area contributed by atoms with Crippen LogP contribution in [-0.2, 0) is 11.0 Å². The molecule has 0 bridgehead atoms. The Morgan fingerprint density at radius 2 is 1.75 bits per heavy atom. The van der Waals surface area contributed by atoms with Crippen molar-refractivity contribution in [2.45, 2.75) is 37.8 Å². The molecule has 196 valence electrons. The largest absolute Gasteiger partial charge is 0.417 e. The number of alkyl halides is 3. The van der Waals surface area contributed by atoms with Gasteiger partial charge in [0.2, 0.25) is 5.91 Å². The van der Waals surface area contributed by atoms with Gasteiger partial charge in [0.25, 0.3) is 5.91 Å². The van der Waals surface area contributed by atoms with Gasteiger partial charge in [0.05, 0.1) is 22.7 Å². The smallest absolute Gasteiger partial charge is 0.355 e. The molecule has 1 unspecified atom stereocenters. The summed E-state index contributed by atoms with van der Waals surface area (Å²) >= 11 is 0. The number of anilines is 1. The van der Waals surface area contributed by atoms with Crippen LogP contribution in [0.1, 0.15) is 58.8 Å². The fraction of sp³-hybridized carbons (Fsp3) is 0.500. The minimum absolute atomic E-state index is 0. The molecule has 2 amide bonds. The van der Waals surface area contributed by atoms with E-state index in [0.29, 0.717) is 55.4 Å². The summed E-state index contributed by atoms with van der Waals surface area (Å²) in [4.78, 5) is 37.3. The Labute approximate surface area is 219 Å². The lowest BCUT2D eigenvalue weighted by Crippen LogP contribution is -2.49. The Hall–Kier alpha value is -2.59. The molecule has 1 saturated carbocycles. The highest BCUT2D eigenvalue weighted by atomic mass is 35.5. The van der Waals surface area contributed by atoms with Crippen LogP contribution in [-0.4, -0.2) is 59.4 Å². The molecule has 36 heavy (non-hydrogen) atoms. The van der Waals surface area contributed by atoms with Crippen LogP contribution in [0, 0.1) is 5.92 Å². The summed E-state index contributed by atoms with van der Waals surface area (Å²) in [6, 6.07) is 4.68. The van der Waals surface area contributed by atoms with E-state index in [4.69, 9.17) is 0 Å². The predicted octanol–water partition coefficient (Wildman–Crippen LogP) is 4.03. The predicted molar refractivity (Wildman–Crippen MR) is 133 cm³/mol. The molecule has 7 nitrogen and oxygen atoms in total. The van der Waals surface area contributed by atoms with Gasteiger partial charge in [-0.3, -0.25) is 14.6 Å². The first kappa shape index (κ1) is 28.0. The van der Waals surface area contributed by atoms with E-state index < -0.39 is 11.7 Å². The number of pyridine rings is 2. The molecule has 2 aliphatic heterocycles. The summed E-state index contributed by atoms with van der Waals surface area (Å²) in [6.45, 7) is 4.48. The lowest BCUT2D eigenvalue weighted by atomic mass is 9.93. The maximum Gasteiger partial charge on any atom is 0.417 e. The first-order valence-electron chi connectivity index (χ1n) is 11.6. The second kappa shape index (κ2) is 10.8. The van der Waals surface area contributed by atoms with Gasteiger partial charge >= 0.3 is 6.18 Å². The van der Waals surface area contributed by atoms with E-state index >= 15 is 0 Å². The molecule has 3 fully saturated rings. The van der Waals surface area contributed by atoms with Crippen molar-refractivity contribution in [1.29, 1.82) is 0 Å². The van der Waals surface area contributed by atoms with Crippen molar-refractivity contribution in [3.63, 3.8) is 0 Å². The van der Waals surface area contributed by atoms with Gasteiger partial charge in [-0.25, -0.2) is 4.98 Å². The zero-order valence-corrected chi connectivity index (χ0v) is 21.3. The van der Waals surface area contributed by atoms with Crippen LogP contribution in [0.4, 0.5) is 19.0 Å². The third-order valence-corrected chi connectivity index (χ3v) is 6.91. The summed E-state index contributed by atoms with van der Waals surface area (Å²) < 4.78 is 39.5. The average molecular weight is 546 g/mol. The molecule has 2 aromatic heterocycles. The number of carbonyl (C=O) groups is 2. The van der Waals surface area contributed by atoms with Crippen molar-refractivity contribution < 1.29 is 22.8 Å². The number of halogens is 5. The molecular weight excluding hydrogens is 518 g/mol. The molecule has 1 aliphatic carbocycles. The second-order valence-electron chi connectivity index (χ2n) is 9.36. The zero-order valence-electron chi connectivity index (χ0n) is 19.6. The van der Waals surface area contributed by atoms with Crippen molar-refractivity contribution in [3.8, 4) is 0 Å². The van der Waals surface area contributed by atoms with Crippen LogP contribution in [0.5, 0.6) is 0 Å². The molecule has 0 aromatic carbocycles. The highest BCUT2D eigenvalue weighted by Crippen LogP contribution is 2.45. The molecule has 5 rings (SSSR count). The Bertz CT molecular complexity index is 1100. The van der Waals surface area contributed by atoms with Crippen LogP contribution in [0.15, 0.2) is 30.6 Å². The lowest BCUT2D eigenvalue weighted by Gasteiger charge is -2.36. The molecular formula is C24H28Cl2F3N5O2. The Kier molecular flexibility index (Phi) is 8.40. The minimum atomic E-state index is -4.41. The number of amides is 2. The highest BCUT2D eigenvalue weighted by Gasteiger charge is 2.37. The molecule has 0 radical (unpaired) electrons. The monoisotopic (exact) mass is 545 g/mol. The van der Waals surface area contributed by atoms with Gasteiger partial charge in [0.1, 0.15) is 5.82 Å². The molecule has 4 heterocycles. The third kappa shape index (κ3) is 5.54. The number of carbonyl (C=O) groups excluding carboxylic acids is 2. The Morgan fingerprint density at radius 3 is 2.28 bits per heavy atom. The summed E-state index contributed by atoms with van der Waals surface area (Å²) in [7, 11) is 0. The van der Waals surface area contributed by atoms with E-state index in [-0.39, 0.29) is 54.4 Å². The van der Waals surface area contributed by atoms with Crippen LogP contribution >= 0.6 is 24.8 Å². The van der Waals surface area contributed by atoms with Crippen molar-refractivity contribution in [3.05, 3.63) is 53.0 Å². The van der Waals surface area contributed by atoms with Gasteiger partial charge in [0, 0.05) is 45.1 Å². The molecule has 1 N–H and O–H groups in total. The summed E-state index contributed by atoms with van der Waals surface area (Å²) in [5.41, 5.74) is 1.05. The van der Waals surface area contributed by atoms with E-state index in [1.807, 2.05) is 11.8 Å². The maximum absolute atomic E-state index is 13.2. The van der Waals surface area contributed by atoms with Gasteiger partial charge in [-0.15, -0.1) is 24.8 Å². The lowest BCUT2D eigenvalue weighted by molar-refractivity contribution is -0.137. The number of nitrogens with one attached hydrogen (secondary N) is 1. The molecule has 2 aromatic rings. The highest BCUT2D eigenvalue weighted by molar-refractivity contribution is 5.94. The minimum Gasteiger partial charge on any atom is -0.355 e. The van der Waals surface area contributed by atoms with Crippen LogP contribution < -0.4 is 10.2 Å². The summed E-state index contributed by atoms with van der Waals surface area (Å²) in [5, 5.41) is 2.83. The molecule has 12 heteroatoms. The standard InChI is InChI=1S/C24H26F3N5O2.2ClH/c1-14-11-30-22(33)20(14)19-5-4-16(12-28-19)23(34)32-8-6-31(7-9-32)21-18(15-2-3-15)10-17(13-29-21)24(25,26)27;;/h4-5,10,12-15,20H,2-3,6-9,11H2,1H3,(H,30,33);2*1H/t14?,20-;;/m1../s1. The number of piperazine rings is 1. The first-order chi connectivity index (χ1) is 16.2. The third-order valence-electron chi connectivity index (χ3n) is 6.91. The second-order valence-corrected chi connectivity index (χ2v) is 9.36. The van der Waals surface area contributed by atoms with E-state index in [9.17, 15) is 22.8 Å². The van der Waals surface area contributed by atoms with Gasteiger partial charge in [-0.1, -0.05) is 6.92 Å². The van der Waals surface area contributed by atoms with E-state index in [1.165, 1.54) is 12.3 Å². The van der Waals surface area contributed by atoms with Gasteiger partial charge < -0.3 is 15.1 Å². The number of nitrogens with zero attached hydrogens (tertiary/aromatic N) is 4. The van der Waals surface area contributed by atoms with E-state index in [2.05, 4.69) is 15.3 Å². The first-order valence-corrected chi connectivity index (χ1v) is 11.6. The Morgan fingerprint density at radius 1 is 1.06 bits per heavy atom. The van der Waals surface area contributed by atoms with Gasteiger partial charge in [0.15, 0.2) is 0 Å². The number of rotatable bonds is 4. The summed E-state index contributed by atoms with van der Waals surface area (Å²) in [6.07, 6.45) is -0.247. The average Bonchev–Trinajstić information content (AvgIpc) is 3.62. The summed E-state index contributed by atoms with van der Waals surface area (Å²) in [5.74, 6) is 0.373. The van der Waals surface area contributed by atoms with E-state index in [0.717, 1.165) is 19.0 Å². The number of aromatic nitrogens is 2. The van der Waals surface area contributed by atoms with Gasteiger partial charge in [-0.05, 0) is 48.4 Å². The SMILES string of the molecule is CC1CNC(=O)[C@H]1c1ccc(C(=O)N2CCN(c3ncc(C(F)(F)F)cc3C3CC3)CC2)cn1.Cl.Cl. The Balaban J connectivity index is 0.00000180. The zero-order chi connectivity index (χ0) is 24.0. The number of hydrogen-bond acceptors (Lipinski definition) is 5. The molecule has 2 saturated heterocycles. The van der Waals surface area contributed by atoms with Crippen LogP contribution in [0.2, 0.25) is 0 Å². The van der Waals surface area contributed by atoms with Crippen LogP contribution in [0.3, 0.4) is 0 Å². The van der Waals surface area contributed by atoms with Crippen LogP contribution in [0.25, 0.3) is 0 Å². The molecule has 2 atom stereocenters. The topological polar surface area (TPSA) is 78.4 Å². The quantitative estimate of drug-likeness (QED) is 0.627. The molecule has 0 spiro atoms. The van der Waals surface area contributed by atoms with E-state index in [1.54, 1.807) is 17.0 Å². The van der Waals surface area contributed by atoms with Crippen molar-refractivity contribution >= 4 is 42.4 Å². The number of hydrogen-bond donors (Lipinski definition) is 1. The van der Waals surface area contributed by atoms with Gasteiger partial charge in [-0.2, -0.15) is 13.2 Å². The fourth-order valence-electron chi connectivity index (χ4n) is 4.78. The van der Waals surface area contributed by atoms with Crippen molar-refractivity contribution in [2.24, 2.45) is 5.92 Å². The maximum atomic E-state index is 13.2. The van der Waals surface area contributed by atoms with Crippen molar-refractivity contribution in [2.75, 3.05) is 37.6 Å². The normalized spacial score (nSPS) is 21.9. The fourth-order valence-corrected chi connectivity index (χ4v) is 4.78. The van der Waals surface area contributed by atoms with Crippen molar-refractivity contribution in [1.82, 2.24) is 20.2 Å².